The number of hydrogen-bond acceptors (Lipinski definition) is 2. The lowest BCUT2D eigenvalue weighted by Crippen LogP contribution is -2.18. The van der Waals surface area contributed by atoms with Crippen LogP contribution in [-0.2, 0) is 13.5 Å². The molecule has 0 fully saturated rings. The Bertz CT molecular complexity index is 500. The summed E-state index contributed by atoms with van der Waals surface area (Å²) in [6.45, 7) is 1.99. The molecule has 4 heteroatoms. The molecule has 0 saturated heterocycles. The summed E-state index contributed by atoms with van der Waals surface area (Å²) in [5, 5.41) is 5.20. The molecular formula is C13H16ClN3. The Hall–Kier alpha value is -1.32. The summed E-state index contributed by atoms with van der Waals surface area (Å²) in [5.41, 5.74) is 9.12. The van der Waals surface area contributed by atoms with E-state index in [0.29, 0.717) is 0 Å². The highest BCUT2D eigenvalue weighted by molar-refractivity contribution is 6.30. The molecule has 0 bridgehead atoms. The fourth-order valence-corrected chi connectivity index (χ4v) is 1.99. The summed E-state index contributed by atoms with van der Waals surface area (Å²) in [6, 6.07) is 7.89. The lowest BCUT2D eigenvalue weighted by molar-refractivity contribution is 0.686. The standard InChI is InChI=1S/C13H16ClN3/c1-9(15)7-13-12(8-17(2)16-13)10-3-5-11(14)6-4-10/h3-6,8-9H,7,15H2,1-2H3. The van der Waals surface area contributed by atoms with Gasteiger partial charge in [0.05, 0.1) is 5.69 Å². The Kier molecular flexibility index (Phi) is 3.50. The van der Waals surface area contributed by atoms with Gasteiger partial charge in [0.25, 0.3) is 0 Å². The molecule has 1 aromatic carbocycles. The molecule has 1 atom stereocenters. The maximum atomic E-state index is 5.89. The van der Waals surface area contributed by atoms with E-state index in [1.54, 1.807) is 0 Å². The number of nitrogens with two attached hydrogens (primary N) is 1. The molecule has 2 aromatic rings. The minimum Gasteiger partial charge on any atom is -0.328 e. The predicted molar refractivity (Wildman–Crippen MR) is 71.0 cm³/mol. The van der Waals surface area contributed by atoms with Gasteiger partial charge < -0.3 is 5.73 Å². The van der Waals surface area contributed by atoms with Crippen molar-refractivity contribution in [3.8, 4) is 11.1 Å². The summed E-state index contributed by atoms with van der Waals surface area (Å²) < 4.78 is 1.82. The highest BCUT2D eigenvalue weighted by Crippen LogP contribution is 2.25. The van der Waals surface area contributed by atoms with Gasteiger partial charge in [-0.05, 0) is 24.6 Å². The van der Waals surface area contributed by atoms with Crippen molar-refractivity contribution < 1.29 is 0 Å². The first-order valence-corrected chi connectivity index (χ1v) is 5.98. The topological polar surface area (TPSA) is 43.8 Å². The molecule has 0 aliphatic rings. The quantitative estimate of drug-likeness (QED) is 0.909. The van der Waals surface area contributed by atoms with Crippen LogP contribution in [0.25, 0.3) is 11.1 Å². The maximum Gasteiger partial charge on any atom is 0.0718 e. The third-order valence-corrected chi connectivity index (χ3v) is 2.83. The minimum atomic E-state index is 0.107. The minimum absolute atomic E-state index is 0.107. The van der Waals surface area contributed by atoms with Crippen molar-refractivity contribution in [1.82, 2.24) is 9.78 Å². The van der Waals surface area contributed by atoms with Crippen LogP contribution in [0.5, 0.6) is 0 Å². The molecule has 0 amide bonds. The van der Waals surface area contributed by atoms with E-state index >= 15 is 0 Å². The SMILES string of the molecule is CC(N)Cc1nn(C)cc1-c1ccc(Cl)cc1. The highest BCUT2D eigenvalue weighted by atomic mass is 35.5. The second-order valence-electron chi connectivity index (χ2n) is 4.35. The number of hydrogen-bond donors (Lipinski definition) is 1. The predicted octanol–water partition coefficient (Wildman–Crippen LogP) is 2.63. The van der Waals surface area contributed by atoms with E-state index in [1.807, 2.05) is 49.1 Å². The number of nitrogens with zero attached hydrogens (tertiary/aromatic N) is 2. The first kappa shape index (κ1) is 12.1. The number of benzene rings is 1. The van der Waals surface area contributed by atoms with Crippen LogP contribution in [0.15, 0.2) is 30.5 Å². The molecule has 0 aliphatic heterocycles. The van der Waals surface area contributed by atoms with Gasteiger partial charge >= 0.3 is 0 Å². The first-order valence-electron chi connectivity index (χ1n) is 5.60. The van der Waals surface area contributed by atoms with Crippen molar-refractivity contribution in [3.05, 3.63) is 41.2 Å². The van der Waals surface area contributed by atoms with Gasteiger partial charge in [0.1, 0.15) is 0 Å². The molecular weight excluding hydrogens is 234 g/mol. The largest absolute Gasteiger partial charge is 0.328 e. The molecule has 0 radical (unpaired) electrons. The van der Waals surface area contributed by atoms with Gasteiger partial charge in [0.2, 0.25) is 0 Å². The molecule has 3 nitrogen and oxygen atoms in total. The molecule has 1 aromatic heterocycles. The average molecular weight is 250 g/mol. The number of rotatable bonds is 3. The van der Waals surface area contributed by atoms with Crippen LogP contribution in [0.2, 0.25) is 5.02 Å². The Balaban J connectivity index is 2.40. The molecule has 0 spiro atoms. The van der Waals surface area contributed by atoms with Crippen LogP contribution in [-0.4, -0.2) is 15.8 Å². The fraction of sp³-hybridized carbons (Fsp3) is 0.308. The van der Waals surface area contributed by atoms with E-state index in [2.05, 4.69) is 5.10 Å². The molecule has 0 aliphatic carbocycles. The van der Waals surface area contributed by atoms with Gasteiger partial charge in [0, 0.05) is 36.3 Å². The Morgan fingerprint density at radius 3 is 2.59 bits per heavy atom. The zero-order valence-electron chi connectivity index (χ0n) is 10.0. The number of aromatic nitrogens is 2. The Morgan fingerprint density at radius 1 is 1.35 bits per heavy atom. The van der Waals surface area contributed by atoms with Gasteiger partial charge in [-0.3, -0.25) is 4.68 Å². The lowest BCUT2D eigenvalue weighted by Gasteiger charge is -2.05. The highest BCUT2D eigenvalue weighted by Gasteiger charge is 2.11. The maximum absolute atomic E-state index is 5.89. The molecule has 2 N–H and O–H groups in total. The van der Waals surface area contributed by atoms with E-state index in [0.717, 1.165) is 28.3 Å². The smallest absolute Gasteiger partial charge is 0.0718 e. The van der Waals surface area contributed by atoms with Gasteiger partial charge in [0.15, 0.2) is 0 Å². The van der Waals surface area contributed by atoms with Crippen molar-refractivity contribution in [2.45, 2.75) is 19.4 Å². The van der Waals surface area contributed by atoms with Gasteiger partial charge in [-0.2, -0.15) is 5.10 Å². The van der Waals surface area contributed by atoms with Gasteiger partial charge in [-0.25, -0.2) is 0 Å². The van der Waals surface area contributed by atoms with Crippen LogP contribution < -0.4 is 5.73 Å². The van der Waals surface area contributed by atoms with Crippen molar-refractivity contribution in [2.24, 2.45) is 12.8 Å². The van der Waals surface area contributed by atoms with E-state index in [1.165, 1.54) is 0 Å². The van der Waals surface area contributed by atoms with E-state index in [4.69, 9.17) is 17.3 Å². The van der Waals surface area contributed by atoms with Crippen molar-refractivity contribution in [1.29, 1.82) is 0 Å². The molecule has 90 valence electrons. The summed E-state index contributed by atoms with van der Waals surface area (Å²) in [6.07, 6.45) is 2.79. The zero-order valence-corrected chi connectivity index (χ0v) is 10.8. The van der Waals surface area contributed by atoms with Crippen LogP contribution in [0.1, 0.15) is 12.6 Å². The molecule has 1 unspecified atom stereocenters. The summed E-state index contributed by atoms with van der Waals surface area (Å²) in [5.74, 6) is 0. The molecule has 17 heavy (non-hydrogen) atoms. The summed E-state index contributed by atoms with van der Waals surface area (Å²) in [7, 11) is 1.92. The summed E-state index contributed by atoms with van der Waals surface area (Å²) >= 11 is 5.89. The van der Waals surface area contributed by atoms with E-state index < -0.39 is 0 Å². The van der Waals surface area contributed by atoms with Crippen molar-refractivity contribution in [3.63, 3.8) is 0 Å². The van der Waals surface area contributed by atoms with Crippen LogP contribution >= 0.6 is 11.6 Å². The third kappa shape index (κ3) is 2.87. The second kappa shape index (κ2) is 4.90. The fourth-order valence-electron chi connectivity index (χ4n) is 1.86. The summed E-state index contributed by atoms with van der Waals surface area (Å²) in [4.78, 5) is 0. The van der Waals surface area contributed by atoms with Crippen molar-refractivity contribution in [2.75, 3.05) is 0 Å². The third-order valence-electron chi connectivity index (χ3n) is 2.58. The van der Waals surface area contributed by atoms with Crippen LogP contribution in [0.3, 0.4) is 0 Å². The monoisotopic (exact) mass is 249 g/mol. The molecule has 0 saturated carbocycles. The second-order valence-corrected chi connectivity index (χ2v) is 4.79. The number of aryl methyl sites for hydroxylation is 1. The zero-order chi connectivity index (χ0) is 12.4. The molecule has 2 rings (SSSR count). The van der Waals surface area contributed by atoms with Crippen molar-refractivity contribution >= 4 is 11.6 Å². The van der Waals surface area contributed by atoms with Gasteiger partial charge in [-0.15, -0.1) is 0 Å². The lowest BCUT2D eigenvalue weighted by atomic mass is 10.0. The van der Waals surface area contributed by atoms with E-state index in [9.17, 15) is 0 Å². The van der Waals surface area contributed by atoms with E-state index in [-0.39, 0.29) is 6.04 Å². The first-order chi connectivity index (χ1) is 8.06. The molecule has 1 heterocycles. The Morgan fingerprint density at radius 2 is 2.00 bits per heavy atom. The number of halogens is 1. The average Bonchev–Trinajstić information content (AvgIpc) is 2.59. The Labute approximate surface area is 106 Å². The normalized spacial score (nSPS) is 12.7. The van der Waals surface area contributed by atoms with Crippen LogP contribution in [0, 0.1) is 0 Å². The van der Waals surface area contributed by atoms with Gasteiger partial charge in [-0.1, -0.05) is 23.7 Å². The van der Waals surface area contributed by atoms with Crippen LogP contribution in [0.4, 0.5) is 0 Å².